The zero-order chi connectivity index (χ0) is 18.4. The van der Waals surface area contributed by atoms with Crippen LogP contribution in [0, 0.1) is 0 Å². The summed E-state index contributed by atoms with van der Waals surface area (Å²) >= 11 is 12.1. The number of nitrogens with zero attached hydrogens (tertiary/aromatic N) is 2. The zero-order valence-corrected chi connectivity index (χ0v) is 15.7. The smallest absolute Gasteiger partial charge is 0.224 e. The predicted molar refractivity (Wildman–Crippen MR) is 107 cm³/mol. The summed E-state index contributed by atoms with van der Waals surface area (Å²) in [4.78, 5) is 8.70. The number of ether oxygens (including phenoxy) is 1. The van der Waals surface area contributed by atoms with Crippen LogP contribution in [0.1, 0.15) is 5.56 Å². The molecule has 0 aliphatic carbocycles. The summed E-state index contributed by atoms with van der Waals surface area (Å²) in [6, 6.07) is 14.9. The number of halogens is 2. The van der Waals surface area contributed by atoms with Gasteiger partial charge in [-0.25, -0.2) is 4.98 Å². The maximum Gasteiger partial charge on any atom is 0.224 e. The van der Waals surface area contributed by atoms with Crippen molar-refractivity contribution in [2.45, 2.75) is 6.42 Å². The minimum Gasteiger partial charge on any atom is -0.497 e. The van der Waals surface area contributed by atoms with Gasteiger partial charge >= 0.3 is 0 Å². The molecule has 0 atom stereocenters. The van der Waals surface area contributed by atoms with E-state index in [1.807, 2.05) is 42.5 Å². The fourth-order valence-corrected chi connectivity index (χ4v) is 2.87. The van der Waals surface area contributed by atoms with Gasteiger partial charge in [-0.3, -0.25) is 0 Å². The van der Waals surface area contributed by atoms with Crippen molar-refractivity contribution in [3.05, 3.63) is 70.3 Å². The number of hydrogen-bond acceptors (Lipinski definition) is 5. The third-order valence-corrected chi connectivity index (χ3v) is 4.30. The number of methoxy groups -OCH3 is 1. The lowest BCUT2D eigenvalue weighted by molar-refractivity contribution is 0.415. The van der Waals surface area contributed by atoms with E-state index in [4.69, 9.17) is 27.9 Å². The summed E-state index contributed by atoms with van der Waals surface area (Å²) in [7, 11) is 1.64. The van der Waals surface area contributed by atoms with E-state index >= 15 is 0 Å². The molecule has 0 aliphatic heterocycles. The molecule has 0 saturated carbocycles. The van der Waals surface area contributed by atoms with Crippen LogP contribution in [0.4, 0.5) is 17.5 Å². The molecule has 0 saturated heterocycles. The van der Waals surface area contributed by atoms with Gasteiger partial charge in [0, 0.05) is 28.5 Å². The Morgan fingerprint density at radius 3 is 2.58 bits per heavy atom. The Balaban J connectivity index is 1.58. The highest BCUT2D eigenvalue weighted by Crippen LogP contribution is 2.22. The Bertz CT molecular complexity index is 872. The molecule has 0 unspecified atom stereocenters. The highest BCUT2D eigenvalue weighted by molar-refractivity contribution is 6.35. The normalized spacial score (nSPS) is 10.4. The van der Waals surface area contributed by atoms with E-state index in [-0.39, 0.29) is 0 Å². The Morgan fingerprint density at radius 1 is 1.04 bits per heavy atom. The highest BCUT2D eigenvalue weighted by atomic mass is 35.5. The minimum atomic E-state index is 0.550. The monoisotopic (exact) mass is 388 g/mol. The maximum atomic E-state index is 6.19. The Kier molecular flexibility index (Phi) is 6.15. The van der Waals surface area contributed by atoms with Crippen LogP contribution >= 0.6 is 23.2 Å². The zero-order valence-electron chi connectivity index (χ0n) is 14.2. The average molecular weight is 389 g/mol. The van der Waals surface area contributed by atoms with Gasteiger partial charge in [0.1, 0.15) is 11.6 Å². The van der Waals surface area contributed by atoms with Crippen LogP contribution < -0.4 is 15.4 Å². The first-order chi connectivity index (χ1) is 12.6. The lowest BCUT2D eigenvalue weighted by Gasteiger charge is -2.09. The van der Waals surface area contributed by atoms with Gasteiger partial charge in [0.25, 0.3) is 0 Å². The van der Waals surface area contributed by atoms with Crippen molar-refractivity contribution in [1.82, 2.24) is 9.97 Å². The molecule has 0 radical (unpaired) electrons. The Morgan fingerprint density at radius 2 is 1.85 bits per heavy atom. The standard InChI is InChI=1S/C19H18Cl2N4O/c1-26-16-6-4-15(5-7-16)24-18-9-11-23-19(25-18)22-10-8-13-2-3-14(20)12-17(13)21/h2-7,9,11-12H,8,10H2,1H3,(H2,22,23,24,25). The van der Waals surface area contributed by atoms with Gasteiger partial charge < -0.3 is 15.4 Å². The van der Waals surface area contributed by atoms with Crippen LogP contribution in [0.3, 0.4) is 0 Å². The molecule has 3 rings (SSSR count). The van der Waals surface area contributed by atoms with Crippen LogP contribution in [0.2, 0.25) is 10.0 Å². The largest absolute Gasteiger partial charge is 0.497 e. The second-order valence-corrected chi connectivity index (χ2v) is 6.38. The van der Waals surface area contributed by atoms with Crippen molar-refractivity contribution >= 4 is 40.7 Å². The molecular weight excluding hydrogens is 371 g/mol. The molecule has 0 fully saturated rings. The molecule has 0 amide bonds. The number of anilines is 3. The van der Waals surface area contributed by atoms with Crippen molar-refractivity contribution in [2.24, 2.45) is 0 Å². The van der Waals surface area contributed by atoms with Crippen LogP contribution in [0.15, 0.2) is 54.7 Å². The number of hydrogen-bond donors (Lipinski definition) is 2. The lowest BCUT2D eigenvalue weighted by Crippen LogP contribution is -2.09. The topological polar surface area (TPSA) is 59.1 Å². The van der Waals surface area contributed by atoms with Crippen LogP contribution in [0.5, 0.6) is 5.75 Å². The quantitative estimate of drug-likeness (QED) is 0.582. The van der Waals surface area contributed by atoms with Gasteiger partial charge in [0.05, 0.1) is 7.11 Å². The number of aromatic nitrogens is 2. The molecule has 134 valence electrons. The van der Waals surface area contributed by atoms with E-state index in [0.29, 0.717) is 28.4 Å². The van der Waals surface area contributed by atoms with E-state index in [1.165, 1.54) is 0 Å². The predicted octanol–water partition coefficient (Wildman–Crippen LogP) is 5.19. The number of rotatable bonds is 7. The first kappa shape index (κ1) is 18.3. The molecule has 1 heterocycles. The Hall–Kier alpha value is -2.50. The minimum absolute atomic E-state index is 0.550. The number of nitrogens with one attached hydrogen (secondary N) is 2. The third-order valence-electron chi connectivity index (χ3n) is 3.71. The van der Waals surface area contributed by atoms with Gasteiger partial charge in [-0.2, -0.15) is 4.98 Å². The lowest BCUT2D eigenvalue weighted by atomic mass is 10.1. The highest BCUT2D eigenvalue weighted by Gasteiger charge is 2.03. The molecule has 3 aromatic rings. The summed E-state index contributed by atoms with van der Waals surface area (Å²) in [5.74, 6) is 2.06. The van der Waals surface area contributed by atoms with E-state index in [1.54, 1.807) is 19.4 Å². The van der Waals surface area contributed by atoms with Crippen molar-refractivity contribution in [1.29, 1.82) is 0 Å². The van der Waals surface area contributed by atoms with Crippen LogP contribution in [-0.4, -0.2) is 23.6 Å². The molecule has 1 aromatic heterocycles. The fourth-order valence-electron chi connectivity index (χ4n) is 2.37. The van der Waals surface area contributed by atoms with Crippen molar-refractivity contribution in [3.8, 4) is 5.75 Å². The van der Waals surface area contributed by atoms with Gasteiger partial charge in [0.15, 0.2) is 0 Å². The van der Waals surface area contributed by atoms with Gasteiger partial charge in [-0.05, 0) is 54.4 Å². The summed E-state index contributed by atoms with van der Waals surface area (Å²) in [6.07, 6.45) is 2.45. The van der Waals surface area contributed by atoms with Crippen molar-refractivity contribution in [3.63, 3.8) is 0 Å². The van der Waals surface area contributed by atoms with E-state index < -0.39 is 0 Å². The van der Waals surface area contributed by atoms with E-state index in [0.717, 1.165) is 23.4 Å². The molecule has 5 nitrogen and oxygen atoms in total. The van der Waals surface area contributed by atoms with Crippen molar-refractivity contribution < 1.29 is 4.74 Å². The summed E-state index contributed by atoms with van der Waals surface area (Å²) in [6.45, 7) is 0.660. The second kappa shape index (κ2) is 8.74. The maximum absolute atomic E-state index is 6.19. The van der Waals surface area contributed by atoms with Crippen LogP contribution in [0.25, 0.3) is 0 Å². The molecule has 2 N–H and O–H groups in total. The summed E-state index contributed by atoms with van der Waals surface area (Å²) in [5.41, 5.74) is 1.94. The van der Waals surface area contributed by atoms with Crippen LogP contribution in [-0.2, 0) is 6.42 Å². The molecular formula is C19H18Cl2N4O. The van der Waals surface area contributed by atoms with Gasteiger partial charge in [-0.15, -0.1) is 0 Å². The van der Waals surface area contributed by atoms with Gasteiger partial charge in [0.2, 0.25) is 5.95 Å². The molecule has 0 bridgehead atoms. The molecule has 26 heavy (non-hydrogen) atoms. The van der Waals surface area contributed by atoms with E-state index in [2.05, 4.69) is 20.6 Å². The molecule has 0 aliphatic rings. The first-order valence-electron chi connectivity index (χ1n) is 8.06. The molecule has 0 spiro atoms. The second-order valence-electron chi connectivity index (χ2n) is 5.53. The first-order valence-corrected chi connectivity index (χ1v) is 8.81. The fraction of sp³-hybridized carbons (Fsp3) is 0.158. The summed E-state index contributed by atoms with van der Waals surface area (Å²) < 4.78 is 5.15. The average Bonchev–Trinajstić information content (AvgIpc) is 2.64. The number of benzene rings is 2. The third kappa shape index (κ3) is 5.00. The van der Waals surface area contributed by atoms with Gasteiger partial charge in [-0.1, -0.05) is 29.3 Å². The molecule has 2 aromatic carbocycles. The summed E-state index contributed by atoms with van der Waals surface area (Å²) in [5, 5.41) is 7.74. The molecule has 7 heteroatoms. The Labute approximate surface area is 162 Å². The van der Waals surface area contributed by atoms with Crippen molar-refractivity contribution in [2.75, 3.05) is 24.3 Å². The SMILES string of the molecule is COc1ccc(Nc2ccnc(NCCc3ccc(Cl)cc3Cl)n2)cc1. The van der Waals surface area contributed by atoms with E-state index in [9.17, 15) is 0 Å².